The van der Waals surface area contributed by atoms with Crippen LogP contribution < -0.4 is 4.74 Å². The third-order valence-corrected chi connectivity index (χ3v) is 3.18. The van der Waals surface area contributed by atoms with Crippen LogP contribution in [0.3, 0.4) is 0 Å². The predicted molar refractivity (Wildman–Crippen MR) is 68.3 cm³/mol. The number of aromatic nitrogens is 1. The fourth-order valence-corrected chi connectivity index (χ4v) is 2.10. The average molecular weight is 249 g/mol. The van der Waals surface area contributed by atoms with E-state index in [-0.39, 0.29) is 0 Å². The lowest BCUT2D eigenvalue weighted by atomic mass is 10.1. The highest BCUT2D eigenvalue weighted by atomic mass is 32.1. The van der Waals surface area contributed by atoms with Gasteiger partial charge in [0.2, 0.25) is 0 Å². The van der Waals surface area contributed by atoms with Gasteiger partial charge in [0, 0.05) is 5.38 Å². The van der Waals surface area contributed by atoms with Crippen molar-refractivity contribution in [3.8, 4) is 5.75 Å². The van der Waals surface area contributed by atoms with E-state index in [0.717, 1.165) is 22.6 Å². The minimum Gasteiger partial charge on any atom is -0.487 e. The SMILES string of the molecule is Cc1cc(C(C)O)ccc1OCc1cscn1. The molecule has 1 heterocycles. The lowest BCUT2D eigenvalue weighted by molar-refractivity contribution is 0.199. The Morgan fingerprint density at radius 2 is 2.29 bits per heavy atom. The van der Waals surface area contributed by atoms with Crippen LogP contribution in [0, 0.1) is 6.92 Å². The normalized spacial score (nSPS) is 12.4. The summed E-state index contributed by atoms with van der Waals surface area (Å²) in [5, 5.41) is 11.4. The number of hydrogen-bond donors (Lipinski definition) is 1. The zero-order valence-corrected chi connectivity index (χ0v) is 10.7. The summed E-state index contributed by atoms with van der Waals surface area (Å²) in [4.78, 5) is 4.16. The molecular formula is C13H15NO2S. The van der Waals surface area contributed by atoms with Gasteiger partial charge in [-0.2, -0.15) is 0 Å². The minimum atomic E-state index is -0.443. The van der Waals surface area contributed by atoms with E-state index in [1.165, 1.54) is 0 Å². The van der Waals surface area contributed by atoms with Gasteiger partial charge in [-0.05, 0) is 37.1 Å². The smallest absolute Gasteiger partial charge is 0.131 e. The third kappa shape index (κ3) is 3.05. The van der Waals surface area contributed by atoms with Crippen molar-refractivity contribution < 1.29 is 9.84 Å². The molecule has 2 aromatic rings. The second-order valence-electron chi connectivity index (χ2n) is 3.97. The van der Waals surface area contributed by atoms with Gasteiger partial charge >= 0.3 is 0 Å². The Kier molecular flexibility index (Phi) is 3.76. The fraction of sp³-hybridized carbons (Fsp3) is 0.308. The summed E-state index contributed by atoms with van der Waals surface area (Å²) in [6, 6.07) is 5.72. The standard InChI is InChI=1S/C13H15NO2S/c1-9-5-11(10(2)15)3-4-13(9)16-6-12-7-17-8-14-12/h3-5,7-8,10,15H,6H2,1-2H3. The molecule has 17 heavy (non-hydrogen) atoms. The number of rotatable bonds is 4. The first-order chi connectivity index (χ1) is 8.16. The van der Waals surface area contributed by atoms with Crippen LogP contribution in [0.4, 0.5) is 0 Å². The summed E-state index contributed by atoms with van der Waals surface area (Å²) in [5.74, 6) is 0.836. The molecule has 0 aliphatic rings. The molecular weight excluding hydrogens is 234 g/mol. The first-order valence-electron chi connectivity index (χ1n) is 5.45. The fourth-order valence-electron chi connectivity index (χ4n) is 1.55. The molecule has 0 fully saturated rings. The van der Waals surface area contributed by atoms with E-state index in [1.54, 1.807) is 23.8 Å². The Bertz CT molecular complexity index is 480. The van der Waals surface area contributed by atoms with Crippen molar-refractivity contribution in [2.75, 3.05) is 0 Å². The van der Waals surface area contributed by atoms with Gasteiger partial charge in [-0.1, -0.05) is 6.07 Å². The van der Waals surface area contributed by atoms with E-state index in [1.807, 2.05) is 30.5 Å². The van der Waals surface area contributed by atoms with Crippen molar-refractivity contribution in [3.63, 3.8) is 0 Å². The average Bonchev–Trinajstić information content (AvgIpc) is 2.80. The molecule has 1 aromatic carbocycles. The molecule has 0 amide bonds. The van der Waals surface area contributed by atoms with Crippen molar-refractivity contribution in [1.29, 1.82) is 0 Å². The first-order valence-corrected chi connectivity index (χ1v) is 6.39. The number of ether oxygens (including phenoxy) is 1. The molecule has 1 aromatic heterocycles. The van der Waals surface area contributed by atoms with E-state index >= 15 is 0 Å². The molecule has 1 atom stereocenters. The molecule has 2 rings (SSSR count). The number of hydrogen-bond acceptors (Lipinski definition) is 4. The van der Waals surface area contributed by atoms with Gasteiger partial charge in [0.15, 0.2) is 0 Å². The number of benzene rings is 1. The second kappa shape index (κ2) is 5.29. The van der Waals surface area contributed by atoms with Gasteiger partial charge in [0.25, 0.3) is 0 Å². The van der Waals surface area contributed by atoms with E-state index < -0.39 is 6.10 Å². The van der Waals surface area contributed by atoms with E-state index in [9.17, 15) is 5.11 Å². The second-order valence-corrected chi connectivity index (χ2v) is 4.69. The van der Waals surface area contributed by atoms with Crippen LogP contribution in [-0.2, 0) is 6.61 Å². The maximum Gasteiger partial charge on any atom is 0.131 e. The molecule has 0 bridgehead atoms. The van der Waals surface area contributed by atoms with Crippen molar-refractivity contribution in [3.05, 3.63) is 45.9 Å². The lowest BCUT2D eigenvalue weighted by Gasteiger charge is -2.11. The van der Waals surface area contributed by atoms with Crippen molar-refractivity contribution in [2.45, 2.75) is 26.6 Å². The Morgan fingerprint density at radius 3 is 2.88 bits per heavy atom. The molecule has 0 saturated heterocycles. The minimum absolute atomic E-state index is 0.443. The topological polar surface area (TPSA) is 42.4 Å². The molecule has 0 aliphatic carbocycles. The summed E-state index contributed by atoms with van der Waals surface area (Å²) in [6.45, 7) is 4.21. The monoisotopic (exact) mass is 249 g/mol. The van der Waals surface area contributed by atoms with Gasteiger partial charge in [0.1, 0.15) is 12.4 Å². The summed E-state index contributed by atoms with van der Waals surface area (Å²) in [6.07, 6.45) is -0.443. The third-order valence-electron chi connectivity index (χ3n) is 2.54. The summed E-state index contributed by atoms with van der Waals surface area (Å²) >= 11 is 1.56. The molecule has 0 spiro atoms. The highest BCUT2D eigenvalue weighted by Gasteiger charge is 2.05. The van der Waals surface area contributed by atoms with E-state index in [4.69, 9.17) is 4.74 Å². The Hall–Kier alpha value is -1.39. The van der Waals surface area contributed by atoms with Crippen LogP contribution in [0.2, 0.25) is 0 Å². The van der Waals surface area contributed by atoms with Gasteiger partial charge in [-0.3, -0.25) is 0 Å². The van der Waals surface area contributed by atoms with Crippen LogP contribution in [0.25, 0.3) is 0 Å². The van der Waals surface area contributed by atoms with Crippen LogP contribution in [0.15, 0.2) is 29.1 Å². The quantitative estimate of drug-likeness (QED) is 0.905. The Labute approximate surface area is 105 Å². The number of nitrogens with zero attached hydrogens (tertiary/aromatic N) is 1. The number of aliphatic hydroxyl groups excluding tert-OH is 1. The van der Waals surface area contributed by atoms with Gasteiger partial charge in [0.05, 0.1) is 17.3 Å². The first kappa shape index (κ1) is 12.1. The maximum atomic E-state index is 9.47. The van der Waals surface area contributed by atoms with Crippen LogP contribution in [0.1, 0.15) is 29.8 Å². The molecule has 0 aliphatic heterocycles. The van der Waals surface area contributed by atoms with Crippen molar-refractivity contribution >= 4 is 11.3 Å². The highest BCUT2D eigenvalue weighted by molar-refractivity contribution is 7.07. The van der Waals surface area contributed by atoms with Crippen LogP contribution in [0.5, 0.6) is 5.75 Å². The summed E-state index contributed by atoms with van der Waals surface area (Å²) in [7, 11) is 0. The van der Waals surface area contributed by atoms with E-state index in [0.29, 0.717) is 6.61 Å². The van der Waals surface area contributed by atoms with Crippen molar-refractivity contribution in [2.24, 2.45) is 0 Å². The number of aryl methyl sites for hydroxylation is 1. The summed E-state index contributed by atoms with van der Waals surface area (Å²) < 4.78 is 5.68. The largest absolute Gasteiger partial charge is 0.487 e. The van der Waals surface area contributed by atoms with Gasteiger partial charge < -0.3 is 9.84 Å². The predicted octanol–water partition coefficient (Wildman–Crippen LogP) is 3.08. The van der Waals surface area contributed by atoms with Crippen LogP contribution >= 0.6 is 11.3 Å². The number of thiazole rings is 1. The van der Waals surface area contributed by atoms with Gasteiger partial charge in [-0.15, -0.1) is 11.3 Å². The summed E-state index contributed by atoms with van der Waals surface area (Å²) in [5.41, 5.74) is 4.67. The molecule has 1 N–H and O–H groups in total. The molecule has 4 heteroatoms. The van der Waals surface area contributed by atoms with Gasteiger partial charge in [-0.25, -0.2) is 4.98 Å². The molecule has 1 unspecified atom stereocenters. The van der Waals surface area contributed by atoms with E-state index in [2.05, 4.69) is 4.98 Å². The number of aliphatic hydroxyl groups is 1. The molecule has 90 valence electrons. The molecule has 3 nitrogen and oxygen atoms in total. The Morgan fingerprint density at radius 1 is 1.47 bits per heavy atom. The molecule has 0 radical (unpaired) electrons. The highest BCUT2D eigenvalue weighted by Crippen LogP contribution is 2.23. The Balaban J connectivity index is 2.06. The zero-order chi connectivity index (χ0) is 12.3. The zero-order valence-electron chi connectivity index (χ0n) is 9.88. The molecule has 0 saturated carbocycles. The maximum absolute atomic E-state index is 9.47. The van der Waals surface area contributed by atoms with Crippen LogP contribution in [-0.4, -0.2) is 10.1 Å². The van der Waals surface area contributed by atoms with Crippen molar-refractivity contribution in [1.82, 2.24) is 4.98 Å². The lowest BCUT2D eigenvalue weighted by Crippen LogP contribution is -1.98.